The molecule has 4 rings (SSSR count). The Kier molecular flexibility index (Phi) is 5.16. The predicted octanol–water partition coefficient (Wildman–Crippen LogP) is 4.72. The van der Waals surface area contributed by atoms with E-state index < -0.39 is 0 Å². The van der Waals surface area contributed by atoms with Crippen LogP contribution in [0.1, 0.15) is 37.8 Å². The van der Waals surface area contributed by atoms with Gasteiger partial charge in [-0.15, -0.1) is 0 Å². The molecule has 0 amide bonds. The molecule has 0 saturated carbocycles. The average molecular weight is 351 g/mol. The van der Waals surface area contributed by atoms with Crippen LogP contribution in [-0.4, -0.2) is 39.4 Å². The highest BCUT2D eigenvalue weighted by Gasteiger charge is 2.22. The lowest BCUT2D eigenvalue weighted by Gasteiger charge is -2.24. The van der Waals surface area contributed by atoms with Gasteiger partial charge in [0.2, 0.25) is 0 Å². The van der Waals surface area contributed by atoms with E-state index in [9.17, 15) is 0 Å². The highest BCUT2D eigenvalue weighted by Crippen LogP contribution is 2.41. The van der Waals surface area contributed by atoms with Gasteiger partial charge in [-0.25, -0.2) is 0 Å². The van der Waals surface area contributed by atoms with E-state index >= 15 is 0 Å². The Hall–Kier alpha value is -2.00. The summed E-state index contributed by atoms with van der Waals surface area (Å²) in [6, 6.07) is 14.1. The minimum absolute atomic E-state index is 0.786. The van der Waals surface area contributed by atoms with Gasteiger partial charge in [0.1, 0.15) is 0 Å². The van der Waals surface area contributed by atoms with E-state index in [2.05, 4.69) is 60.0 Å². The van der Waals surface area contributed by atoms with Crippen molar-refractivity contribution < 1.29 is 4.74 Å². The van der Waals surface area contributed by atoms with Gasteiger partial charge in [0, 0.05) is 44.2 Å². The molecule has 1 aliphatic heterocycles. The van der Waals surface area contributed by atoms with E-state index in [1.165, 1.54) is 59.6 Å². The van der Waals surface area contributed by atoms with E-state index in [1.54, 1.807) is 0 Å². The molecule has 0 bridgehead atoms. The first-order chi connectivity index (χ1) is 12.8. The number of hydrogen-bond donors (Lipinski definition) is 0. The molecule has 1 heterocycles. The molecule has 138 valence electrons. The maximum Gasteiger partial charge on any atom is 0.0641 e. The van der Waals surface area contributed by atoms with Gasteiger partial charge in [-0.2, -0.15) is 0 Å². The lowest BCUT2D eigenvalue weighted by molar-refractivity contribution is 0.154. The summed E-state index contributed by atoms with van der Waals surface area (Å²) in [5.74, 6) is 0. The number of benzene rings is 2. The van der Waals surface area contributed by atoms with Crippen LogP contribution in [-0.2, 0) is 11.2 Å². The Labute approximate surface area is 157 Å². The summed E-state index contributed by atoms with van der Waals surface area (Å²) in [5, 5.41) is 0. The van der Waals surface area contributed by atoms with E-state index in [4.69, 9.17) is 4.74 Å². The number of anilines is 2. The van der Waals surface area contributed by atoms with Crippen LogP contribution >= 0.6 is 0 Å². The summed E-state index contributed by atoms with van der Waals surface area (Å²) >= 11 is 0. The second-order valence-corrected chi connectivity index (χ2v) is 7.33. The number of hydrogen-bond acceptors (Lipinski definition) is 3. The molecule has 2 aromatic carbocycles. The SMILES string of the molecule is CCOCCN(CC)c1ccc2c(c1)-c1cc(N3CCCC3)ccc1C2. The van der Waals surface area contributed by atoms with Gasteiger partial charge in [-0.1, -0.05) is 12.1 Å². The van der Waals surface area contributed by atoms with Gasteiger partial charge in [-0.05, 0) is 79.6 Å². The molecule has 3 heteroatoms. The Morgan fingerprint density at radius 1 is 0.962 bits per heavy atom. The second-order valence-electron chi connectivity index (χ2n) is 7.33. The van der Waals surface area contributed by atoms with Crippen LogP contribution in [0.2, 0.25) is 0 Å². The third-order valence-corrected chi connectivity index (χ3v) is 5.79. The molecule has 26 heavy (non-hydrogen) atoms. The van der Waals surface area contributed by atoms with Gasteiger partial charge in [0.15, 0.2) is 0 Å². The quantitative estimate of drug-likeness (QED) is 0.573. The highest BCUT2D eigenvalue weighted by molar-refractivity contribution is 5.82. The largest absolute Gasteiger partial charge is 0.380 e. The van der Waals surface area contributed by atoms with Crippen molar-refractivity contribution in [3.8, 4) is 11.1 Å². The summed E-state index contributed by atoms with van der Waals surface area (Å²) in [6.45, 7) is 10.2. The Morgan fingerprint density at radius 2 is 1.69 bits per heavy atom. The standard InChI is InChI=1S/C23H30N2O/c1-3-24(13-14-26-4-2)20-9-7-18-15-19-8-10-21(25-11-5-6-12-25)17-23(19)22(18)16-20/h7-10,16-17H,3-6,11-15H2,1-2H3. The lowest BCUT2D eigenvalue weighted by Crippen LogP contribution is -2.27. The molecule has 1 fully saturated rings. The molecule has 0 aromatic heterocycles. The van der Waals surface area contributed by atoms with Gasteiger partial charge in [0.05, 0.1) is 6.61 Å². The molecule has 0 N–H and O–H groups in total. The molecule has 1 saturated heterocycles. The van der Waals surface area contributed by atoms with E-state index in [0.717, 1.165) is 32.7 Å². The van der Waals surface area contributed by atoms with Crippen molar-refractivity contribution >= 4 is 11.4 Å². The van der Waals surface area contributed by atoms with Crippen molar-refractivity contribution in [2.24, 2.45) is 0 Å². The zero-order chi connectivity index (χ0) is 17.9. The summed E-state index contributed by atoms with van der Waals surface area (Å²) in [6.07, 6.45) is 3.71. The van der Waals surface area contributed by atoms with E-state index in [-0.39, 0.29) is 0 Å². The van der Waals surface area contributed by atoms with Crippen molar-refractivity contribution in [2.75, 3.05) is 49.2 Å². The van der Waals surface area contributed by atoms with Crippen molar-refractivity contribution in [1.29, 1.82) is 0 Å². The van der Waals surface area contributed by atoms with Gasteiger partial charge in [0.25, 0.3) is 0 Å². The molecule has 1 aliphatic carbocycles. The summed E-state index contributed by atoms with van der Waals surface area (Å²) < 4.78 is 5.56. The van der Waals surface area contributed by atoms with Crippen molar-refractivity contribution in [3.63, 3.8) is 0 Å². The Morgan fingerprint density at radius 3 is 2.42 bits per heavy atom. The lowest BCUT2D eigenvalue weighted by atomic mass is 10.0. The van der Waals surface area contributed by atoms with Crippen LogP contribution in [0.15, 0.2) is 36.4 Å². The van der Waals surface area contributed by atoms with Crippen LogP contribution in [0.3, 0.4) is 0 Å². The highest BCUT2D eigenvalue weighted by atomic mass is 16.5. The summed E-state index contributed by atoms with van der Waals surface area (Å²) in [5.41, 5.74) is 8.50. The molecule has 0 unspecified atom stereocenters. The third kappa shape index (κ3) is 3.33. The second kappa shape index (κ2) is 7.71. The monoisotopic (exact) mass is 350 g/mol. The number of nitrogens with zero attached hydrogens (tertiary/aromatic N) is 2. The van der Waals surface area contributed by atoms with Crippen molar-refractivity contribution in [3.05, 3.63) is 47.5 Å². The van der Waals surface area contributed by atoms with Crippen molar-refractivity contribution in [2.45, 2.75) is 33.1 Å². The molecule has 2 aliphatic rings. The Bertz CT molecular complexity index is 765. The molecule has 0 atom stereocenters. The van der Waals surface area contributed by atoms with Crippen LogP contribution in [0.4, 0.5) is 11.4 Å². The fraction of sp³-hybridized carbons (Fsp3) is 0.478. The Balaban J connectivity index is 1.62. The van der Waals surface area contributed by atoms with Crippen LogP contribution in [0, 0.1) is 0 Å². The molecule has 2 aromatic rings. The molecular weight excluding hydrogens is 320 g/mol. The first-order valence-electron chi connectivity index (χ1n) is 10.1. The topological polar surface area (TPSA) is 15.7 Å². The van der Waals surface area contributed by atoms with Crippen LogP contribution in [0.25, 0.3) is 11.1 Å². The van der Waals surface area contributed by atoms with Gasteiger partial charge < -0.3 is 14.5 Å². The fourth-order valence-electron chi connectivity index (χ4n) is 4.30. The predicted molar refractivity (Wildman–Crippen MR) is 111 cm³/mol. The minimum Gasteiger partial charge on any atom is -0.380 e. The first-order valence-corrected chi connectivity index (χ1v) is 10.1. The average Bonchev–Trinajstić information content (AvgIpc) is 3.32. The summed E-state index contributed by atoms with van der Waals surface area (Å²) in [4.78, 5) is 4.95. The van der Waals surface area contributed by atoms with Crippen LogP contribution in [0.5, 0.6) is 0 Å². The van der Waals surface area contributed by atoms with E-state index in [0.29, 0.717) is 0 Å². The number of rotatable bonds is 7. The molecule has 3 nitrogen and oxygen atoms in total. The van der Waals surface area contributed by atoms with Crippen molar-refractivity contribution in [1.82, 2.24) is 0 Å². The number of fused-ring (bicyclic) bond motifs is 3. The molecule has 0 radical (unpaired) electrons. The molecule has 0 spiro atoms. The zero-order valence-corrected chi connectivity index (χ0v) is 16.1. The normalized spacial score (nSPS) is 15.2. The summed E-state index contributed by atoms with van der Waals surface area (Å²) in [7, 11) is 0. The number of ether oxygens (including phenoxy) is 1. The smallest absolute Gasteiger partial charge is 0.0641 e. The number of likely N-dealkylation sites (N-methyl/N-ethyl adjacent to an activating group) is 1. The first kappa shape index (κ1) is 17.4. The van der Waals surface area contributed by atoms with E-state index in [1.807, 2.05) is 0 Å². The van der Waals surface area contributed by atoms with Gasteiger partial charge >= 0.3 is 0 Å². The zero-order valence-electron chi connectivity index (χ0n) is 16.1. The minimum atomic E-state index is 0.786. The maximum atomic E-state index is 5.56. The van der Waals surface area contributed by atoms with Gasteiger partial charge in [-0.3, -0.25) is 0 Å². The molecular formula is C23H30N2O. The third-order valence-electron chi connectivity index (χ3n) is 5.79. The maximum absolute atomic E-state index is 5.56. The van der Waals surface area contributed by atoms with Crippen LogP contribution < -0.4 is 9.80 Å². The fourth-order valence-corrected chi connectivity index (χ4v) is 4.30.